The summed E-state index contributed by atoms with van der Waals surface area (Å²) in [5.74, 6) is -0.410. The minimum atomic E-state index is -0.602. The van der Waals surface area contributed by atoms with Crippen LogP contribution < -0.4 is 5.32 Å². The van der Waals surface area contributed by atoms with E-state index in [9.17, 15) is 14.9 Å². The second-order valence-electron chi connectivity index (χ2n) is 6.10. The highest BCUT2D eigenvalue weighted by molar-refractivity contribution is 6.32. The Labute approximate surface area is 161 Å². The highest BCUT2D eigenvalue weighted by Gasteiger charge is 2.21. The van der Waals surface area contributed by atoms with Crippen LogP contribution >= 0.6 is 11.6 Å². The van der Waals surface area contributed by atoms with Crippen molar-refractivity contribution in [1.29, 1.82) is 0 Å². The van der Waals surface area contributed by atoms with Crippen LogP contribution in [0.2, 0.25) is 5.02 Å². The van der Waals surface area contributed by atoms with E-state index in [1.54, 1.807) is 0 Å². The monoisotopic (exact) mass is 380 g/mol. The zero-order valence-electron chi connectivity index (χ0n) is 14.6. The average Bonchev–Trinajstić information content (AvgIpc) is 2.67. The van der Waals surface area contributed by atoms with Crippen LogP contribution in [0.4, 0.5) is 5.69 Å². The lowest BCUT2D eigenvalue weighted by atomic mass is 9.94. The van der Waals surface area contributed by atoms with E-state index in [4.69, 9.17) is 11.6 Å². The Morgan fingerprint density at radius 3 is 2.37 bits per heavy atom. The molecule has 3 aromatic carbocycles. The van der Waals surface area contributed by atoms with Crippen molar-refractivity contribution in [2.45, 2.75) is 13.0 Å². The number of hydrogen-bond donors (Lipinski definition) is 1. The van der Waals surface area contributed by atoms with Crippen molar-refractivity contribution < 1.29 is 9.72 Å². The molecule has 1 N–H and O–H groups in total. The Kier molecular flexibility index (Phi) is 5.52. The number of halogens is 1. The van der Waals surface area contributed by atoms with Gasteiger partial charge in [0.05, 0.1) is 11.0 Å². The summed E-state index contributed by atoms with van der Waals surface area (Å²) in [4.78, 5) is 23.3. The summed E-state index contributed by atoms with van der Waals surface area (Å²) < 4.78 is 0. The Morgan fingerprint density at radius 1 is 1.04 bits per heavy atom. The first-order valence-electron chi connectivity index (χ1n) is 8.32. The van der Waals surface area contributed by atoms with Gasteiger partial charge in [0.15, 0.2) is 0 Å². The summed E-state index contributed by atoms with van der Waals surface area (Å²) >= 11 is 5.84. The molecule has 1 unspecified atom stereocenters. The summed E-state index contributed by atoms with van der Waals surface area (Å²) in [6.45, 7) is 1.98. The van der Waals surface area contributed by atoms with Crippen LogP contribution in [0.25, 0.3) is 0 Å². The molecule has 0 fully saturated rings. The highest BCUT2D eigenvalue weighted by Crippen LogP contribution is 2.27. The lowest BCUT2D eigenvalue weighted by Gasteiger charge is -2.21. The SMILES string of the molecule is Cc1ccccc1C(NC(=O)c1ccc(Cl)c([N+](=O)[O-])c1)c1ccccc1. The number of hydrogen-bond acceptors (Lipinski definition) is 3. The predicted octanol–water partition coefficient (Wildman–Crippen LogP) is 5.08. The molecule has 0 aliphatic carbocycles. The number of carbonyl (C=O) groups excluding carboxylic acids is 1. The van der Waals surface area contributed by atoms with E-state index in [0.29, 0.717) is 0 Å². The highest BCUT2D eigenvalue weighted by atomic mass is 35.5. The van der Waals surface area contributed by atoms with Gasteiger partial charge < -0.3 is 5.32 Å². The molecule has 0 aromatic heterocycles. The molecule has 0 spiro atoms. The molecule has 0 saturated heterocycles. The first kappa shape index (κ1) is 18.6. The molecule has 0 heterocycles. The van der Waals surface area contributed by atoms with Crippen molar-refractivity contribution in [3.05, 3.63) is 110 Å². The third kappa shape index (κ3) is 4.15. The third-order valence-corrected chi connectivity index (χ3v) is 4.63. The Morgan fingerprint density at radius 2 is 1.70 bits per heavy atom. The number of nitrogens with one attached hydrogen (secondary N) is 1. The van der Waals surface area contributed by atoms with E-state index in [1.165, 1.54) is 18.2 Å². The van der Waals surface area contributed by atoms with Crippen molar-refractivity contribution in [1.82, 2.24) is 5.32 Å². The van der Waals surface area contributed by atoms with Crippen LogP contribution in [-0.4, -0.2) is 10.8 Å². The first-order valence-corrected chi connectivity index (χ1v) is 8.70. The second-order valence-corrected chi connectivity index (χ2v) is 6.50. The van der Waals surface area contributed by atoms with Crippen molar-refractivity contribution in [2.75, 3.05) is 0 Å². The third-order valence-electron chi connectivity index (χ3n) is 4.31. The number of rotatable bonds is 5. The normalized spacial score (nSPS) is 11.6. The van der Waals surface area contributed by atoms with Gasteiger partial charge in [-0.25, -0.2) is 0 Å². The van der Waals surface area contributed by atoms with E-state index < -0.39 is 10.8 Å². The largest absolute Gasteiger partial charge is 0.341 e. The summed E-state index contributed by atoms with van der Waals surface area (Å²) in [5, 5.41) is 14.1. The fourth-order valence-electron chi connectivity index (χ4n) is 2.91. The molecule has 6 heteroatoms. The molecular weight excluding hydrogens is 364 g/mol. The van der Waals surface area contributed by atoms with E-state index in [2.05, 4.69) is 5.32 Å². The zero-order chi connectivity index (χ0) is 19.4. The summed E-state index contributed by atoms with van der Waals surface area (Å²) in [6, 6.07) is 21.0. The number of nitro groups is 1. The second kappa shape index (κ2) is 8.01. The van der Waals surface area contributed by atoms with Crippen LogP contribution in [0.15, 0.2) is 72.8 Å². The molecule has 5 nitrogen and oxygen atoms in total. The van der Waals surface area contributed by atoms with Gasteiger partial charge in [0.2, 0.25) is 0 Å². The standard InChI is InChI=1S/C21H17ClN2O3/c1-14-7-5-6-10-17(14)20(15-8-3-2-4-9-15)23-21(25)16-11-12-18(22)19(13-16)24(26)27/h2-13,20H,1H3,(H,23,25). The van der Waals surface area contributed by atoms with Crippen molar-refractivity contribution in [3.8, 4) is 0 Å². The van der Waals surface area contributed by atoms with Gasteiger partial charge in [0, 0.05) is 11.6 Å². The van der Waals surface area contributed by atoms with Crippen molar-refractivity contribution in [2.24, 2.45) is 0 Å². The van der Waals surface area contributed by atoms with Crippen LogP contribution in [0.5, 0.6) is 0 Å². The quantitative estimate of drug-likeness (QED) is 0.495. The van der Waals surface area contributed by atoms with Gasteiger partial charge in [-0.05, 0) is 35.7 Å². The molecule has 27 heavy (non-hydrogen) atoms. The van der Waals surface area contributed by atoms with Gasteiger partial charge in [-0.1, -0.05) is 66.2 Å². The number of carbonyl (C=O) groups is 1. The molecule has 136 valence electrons. The molecule has 1 amide bonds. The van der Waals surface area contributed by atoms with Gasteiger partial charge in [0.1, 0.15) is 5.02 Å². The smallest absolute Gasteiger partial charge is 0.288 e. The van der Waals surface area contributed by atoms with Gasteiger partial charge in [-0.2, -0.15) is 0 Å². The van der Waals surface area contributed by atoms with Crippen molar-refractivity contribution >= 4 is 23.2 Å². The minimum Gasteiger partial charge on any atom is -0.341 e. The van der Waals surface area contributed by atoms with Crippen LogP contribution in [0.3, 0.4) is 0 Å². The molecule has 0 saturated carbocycles. The van der Waals surface area contributed by atoms with Crippen LogP contribution in [0, 0.1) is 17.0 Å². The Balaban J connectivity index is 1.98. The maximum absolute atomic E-state index is 12.8. The molecule has 0 aliphatic rings. The molecular formula is C21H17ClN2O3. The lowest BCUT2D eigenvalue weighted by Crippen LogP contribution is -2.29. The van der Waals surface area contributed by atoms with Gasteiger partial charge in [0.25, 0.3) is 11.6 Å². The minimum absolute atomic E-state index is 0.00457. The van der Waals surface area contributed by atoms with Gasteiger partial charge >= 0.3 is 0 Å². The molecule has 0 aliphatic heterocycles. The maximum atomic E-state index is 12.8. The first-order chi connectivity index (χ1) is 13.0. The van der Waals surface area contributed by atoms with Crippen molar-refractivity contribution in [3.63, 3.8) is 0 Å². The molecule has 0 radical (unpaired) electrons. The van der Waals surface area contributed by atoms with E-state index >= 15 is 0 Å². The van der Waals surface area contributed by atoms with E-state index in [0.717, 1.165) is 16.7 Å². The number of nitrogens with zero attached hydrogens (tertiary/aromatic N) is 1. The summed E-state index contributed by atoms with van der Waals surface area (Å²) in [6.07, 6.45) is 0. The summed E-state index contributed by atoms with van der Waals surface area (Å²) in [5.41, 5.74) is 2.80. The number of amides is 1. The van der Waals surface area contributed by atoms with Gasteiger partial charge in [-0.15, -0.1) is 0 Å². The topological polar surface area (TPSA) is 72.2 Å². The number of benzene rings is 3. The van der Waals surface area contributed by atoms with Crippen LogP contribution in [-0.2, 0) is 0 Å². The average molecular weight is 381 g/mol. The summed E-state index contributed by atoms with van der Waals surface area (Å²) in [7, 11) is 0. The molecule has 3 aromatic rings. The van der Waals surface area contributed by atoms with Crippen LogP contribution in [0.1, 0.15) is 33.1 Å². The van der Waals surface area contributed by atoms with E-state index in [1.807, 2.05) is 61.5 Å². The fourth-order valence-corrected chi connectivity index (χ4v) is 3.09. The zero-order valence-corrected chi connectivity index (χ0v) is 15.3. The van der Waals surface area contributed by atoms with E-state index in [-0.39, 0.29) is 22.3 Å². The molecule has 3 rings (SSSR count). The van der Waals surface area contributed by atoms with Gasteiger partial charge in [-0.3, -0.25) is 14.9 Å². The number of nitro benzene ring substituents is 1. The fraction of sp³-hybridized carbons (Fsp3) is 0.0952. The Bertz CT molecular complexity index is 990. The predicted molar refractivity (Wildman–Crippen MR) is 105 cm³/mol. The number of aryl methyl sites for hydroxylation is 1. The lowest BCUT2D eigenvalue weighted by molar-refractivity contribution is -0.384. The molecule has 1 atom stereocenters. The molecule has 0 bridgehead atoms. The maximum Gasteiger partial charge on any atom is 0.288 e. The Hall–Kier alpha value is -3.18.